The number of aliphatic carboxylic acids is 1. The van der Waals surface area contributed by atoms with E-state index in [2.05, 4.69) is 5.32 Å². The molecule has 0 aromatic carbocycles. The molecule has 1 aliphatic heterocycles. The van der Waals surface area contributed by atoms with Crippen LogP contribution in [0.25, 0.3) is 0 Å². The molecule has 2 aliphatic rings. The number of ether oxygens (including phenoxy) is 1. The van der Waals surface area contributed by atoms with E-state index in [4.69, 9.17) is 9.84 Å². The van der Waals surface area contributed by atoms with Gasteiger partial charge in [0.25, 0.3) is 0 Å². The molecule has 0 bridgehead atoms. The van der Waals surface area contributed by atoms with Crippen LogP contribution in [-0.4, -0.2) is 53.8 Å². The zero-order valence-electron chi connectivity index (χ0n) is 11.4. The van der Waals surface area contributed by atoms with Gasteiger partial charge >= 0.3 is 12.0 Å². The van der Waals surface area contributed by atoms with Crippen molar-refractivity contribution in [3.8, 4) is 0 Å². The molecule has 1 heterocycles. The molecule has 0 unspecified atom stereocenters. The van der Waals surface area contributed by atoms with Crippen molar-refractivity contribution in [3.05, 3.63) is 0 Å². The second kappa shape index (κ2) is 5.77. The number of likely N-dealkylation sites (tertiary alicyclic amines) is 1. The number of nitrogens with one attached hydrogen (secondary N) is 1. The molecular formula is C13H22N2O4. The van der Waals surface area contributed by atoms with Gasteiger partial charge in [0.1, 0.15) is 12.2 Å². The molecule has 0 aromatic rings. The summed E-state index contributed by atoms with van der Waals surface area (Å²) < 4.78 is 5.26. The molecule has 0 aromatic heterocycles. The average Bonchev–Trinajstić information content (AvgIpc) is 2.25. The molecular weight excluding hydrogens is 248 g/mol. The van der Waals surface area contributed by atoms with Gasteiger partial charge in [-0.2, -0.15) is 0 Å². The molecule has 1 aliphatic carbocycles. The van der Waals surface area contributed by atoms with Crippen LogP contribution < -0.4 is 5.32 Å². The number of hydrogen-bond donors (Lipinski definition) is 2. The van der Waals surface area contributed by atoms with Crippen LogP contribution in [0.5, 0.6) is 0 Å². The van der Waals surface area contributed by atoms with Gasteiger partial charge in [-0.1, -0.05) is 19.3 Å². The Balaban J connectivity index is 1.59. The van der Waals surface area contributed by atoms with E-state index in [-0.39, 0.29) is 12.6 Å². The summed E-state index contributed by atoms with van der Waals surface area (Å²) in [6.07, 6.45) is 4.97. The zero-order chi connectivity index (χ0) is 13.9. The minimum Gasteiger partial charge on any atom is -0.480 e. The number of amides is 2. The third kappa shape index (κ3) is 3.83. The molecule has 0 spiro atoms. The van der Waals surface area contributed by atoms with Crippen molar-refractivity contribution in [2.24, 2.45) is 5.92 Å². The van der Waals surface area contributed by atoms with E-state index in [1.807, 2.05) is 6.92 Å². The van der Waals surface area contributed by atoms with Crippen molar-refractivity contribution >= 4 is 12.0 Å². The number of carbonyl (C=O) groups excluding carboxylic acids is 1. The topological polar surface area (TPSA) is 78.9 Å². The normalized spacial score (nSPS) is 21.4. The van der Waals surface area contributed by atoms with E-state index in [9.17, 15) is 9.59 Å². The highest BCUT2D eigenvalue weighted by molar-refractivity contribution is 5.75. The van der Waals surface area contributed by atoms with Crippen molar-refractivity contribution < 1.29 is 19.4 Å². The highest BCUT2D eigenvalue weighted by Crippen LogP contribution is 2.29. The summed E-state index contributed by atoms with van der Waals surface area (Å²) in [6, 6.07) is -0.0734. The summed E-state index contributed by atoms with van der Waals surface area (Å²) in [5.41, 5.74) is -0.510. The Kier molecular flexibility index (Phi) is 4.29. The van der Waals surface area contributed by atoms with Crippen LogP contribution in [-0.2, 0) is 9.53 Å². The van der Waals surface area contributed by atoms with Gasteiger partial charge in [-0.25, -0.2) is 9.59 Å². The molecule has 1 saturated carbocycles. The summed E-state index contributed by atoms with van der Waals surface area (Å²) in [7, 11) is 0. The summed E-state index contributed by atoms with van der Waals surface area (Å²) in [5, 5.41) is 11.5. The van der Waals surface area contributed by atoms with Crippen LogP contribution in [0.15, 0.2) is 0 Å². The van der Waals surface area contributed by atoms with Crippen molar-refractivity contribution in [2.75, 3.05) is 26.2 Å². The fourth-order valence-electron chi connectivity index (χ4n) is 2.51. The number of nitrogens with zero attached hydrogens (tertiary/aromatic N) is 1. The second-order valence-electron chi connectivity index (χ2n) is 5.81. The van der Waals surface area contributed by atoms with Gasteiger partial charge in [-0.15, -0.1) is 0 Å². The summed E-state index contributed by atoms with van der Waals surface area (Å²) in [5.74, 6) is -0.189. The van der Waals surface area contributed by atoms with Gasteiger partial charge in [-0.05, 0) is 19.3 Å². The van der Waals surface area contributed by atoms with Gasteiger partial charge < -0.3 is 20.1 Å². The molecule has 6 heteroatoms. The van der Waals surface area contributed by atoms with Crippen molar-refractivity contribution in [2.45, 2.75) is 38.2 Å². The summed E-state index contributed by atoms with van der Waals surface area (Å²) in [4.78, 5) is 23.9. The molecule has 19 heavy (non-hydrogen) atoms. The Morgan fingerprint density at radius 3 is 2.63 bits per heavy atom. The number of carbonyl (C=O) groups is 2. The molecule has 2 amide bonds. The number of urea groups is 1. The van der Waals surface area contributed by atoms with Gasteiger partial charge in [0.15, 0.2) is 0 Å². The summed E-state index contributed by atoms with van der Waals surface area (Å²) in [6.45, 7) is 3.15. The zero-order valence-corrected chi connectivity index (χ0v) is 11.4. The number of rotatable bonds is 6. The average molecular weight is 270 g/mol. The van der Waals surface area contributed by atoms with E-state index in [1.54, 1.807) is 4.90 Å². The Bertz CT molecular complexity index is 349. The van der Waals surface area contributed by atoms with E-state index in [0.717, 1.165) is 18.9 Å². The first kappa shape index (κ1) is 14.1. The first-order chi connectivity index (χ1) is 8.98. The van der Waals surface area contributed by atoms with E-state index < -0.39 is 11.6 Å². The smallest absolute Gasteiger partial charge is 0.329 e. The molecule has 108 valence electrons. The third-order valence-electron chi connectivity index (χ3n) is 3.94. The lowest BCUT2D eigenvalue weighted by molar-refractivity contribution is -0.159. The van der Waals surface area contributed by atoms with Gasteiger partial charge in [-0.3, -0.25) is 0 Å². The lowest BCUT2D eigenvalue weighted by Gasteiger charge is -2.47. The van der Waals surface area contributed by atoms with Crippen LogP contribution >= 0.6 is 0 Å². The van der Waals surface area contributed by atoms with Gasteiger partial charge in [0.05, 0.1) is 13.1 Å². The first-order valence-corrected chi connectivity index (χ1v) is 6.87. The highest BCUT2D eigenvalue weighted by atomic mass is 16.5. The van der Waals surface area contributed by atoms with Crippen molar-refractivity contribution in [1.82, 2.24) is 10.2 Å². The first-order valence-electron chi connectivity index (χ1n) is 6.87. The fourth-order valence-corrected chi connectivity index (χ4v) is 2.51. The largest absolute Gasteiger partial charge is 0.480 e. The second-order valence-corrected chi connectivity index (χ2v) is 5.81. The van der Waals surface area contributed by atoms with E-state index >= 15 is 0 Å². The van der Waals surface area contributed by atoms with Crippen molar-refractivity contribution in [1.29, 1.82) is 0 Å². The Morgan fingerprint density at radius 2 is 2.11 bits per heavy atom. The maximum Gasteiger partial charge on any atom is 0.329 e. The van der Waals surface area contributed by atoms with Crippen LogP contribution in [0.1, 0.15) is 32.6 Å². The quantitative estimate of drug-likeness (QED) is 0.756. The molecule has 2 rings (SSSR count). The van der Waals surface area contributed by atoms with Crippen molar-refractivity contribution in [3.63, 3.8) is 0 Å². The summed E-state index contributed by atoms with van der Waals surface area (Å²) >= 11 is 0. The number of carboxylic acids is 1. The van der Waals surface area contributed by atoms with E-state index in [1.165, 1.54) is 19.3 Å². The Labute approximate surface area is 113 Å². The van der Waals surface area contributed by atoms with E-state index in [0.29, 0.717) is 13.1 Å². The highest BCUT2D eigenvalue weighted by Gasteiger charge is 2.42. The minimum atomic E-state index is -0.982. The minimum absolute atomic E-state index is 0.0734. The van der Waals surface area contributed by atoms with Crippen LogP contribution in [0.2, 0.25) is 0 Å². The van der Waals surface area contributed by atoms with Crippen LogP contribution in [0, 0.1) is 5.92 Å². The van der Waals surface area contributed by atoms with Crippen LogP contribution in [0.3, 0.4) is 0 Å². The predicted octanol–water partition coefficient (Wildman–Crippen LogP) is 1.06. The third-order valence-corrected chi connectivity index (χ3v) is 3.94. The number of hydrogen-bond acceptors (Lipinski definition) is 3. The SMILES string of the molecule is CC1(OCC(=O)O)CN(C(=O)NCCC2CCC2)C1. The molecule has 1 saturated heterocycles. The Morgan fingerprint density at radius 1 is 1.42 bits per heavy atom. The maximum atomic E-state index is 11.8. The monoisotopic (exact) mass is 270 g/mol. The molecule has 0 radical (unpaired) electrons. The standard InChI is InChI=1S/C13H22N2O4/c1-13(19-7-11(16)17)8-15(9-13)12(18)14-6-5-10-3-2-4-10/h10H,2-9H2,1H3,(H,14,18)(H,16,17). The fraction of sp³-hybridized carbons (Fsp3) is 0.846. The molecule has 2 N–H and O–H groups in total. The number of carboxylic acid groups (broad SMARTS) is 1. The molecule has 0 atom stereocenters. The molecule has 6 nitrogen and oxygen atoms in total. The van der Waals surface area contributed by atoms with Gasteiger partial charge in [0.2, 0.25) is 0 Å². The lowest BCUT2D eigenvalue weighted by atomic mass is 9.83. The molecule has 2 fully saturated rings. The predicted molar refractivity (Wildman–Crippen MR) is 68.9 cm³/mol. The Hall–Kier alpha value is -1.30. The van der Waals surface area contributed by atoms with Gasteiger partial charge in [0, 0.05) is 6.54 Å². The maximum absolute atomic E-state index is 11.8. The van der Waals surface area contributed by atoms with Crippen LogP contribution in [0.4, 0.5) is 4.79 Å². The lowest BCUT2D eigenvalue weighted by Crippen LogP contribution is -2.65.